The van der Waals surface area contributed by atoms with E-state index in [0.717, 1.165) is 18.4 Å². The number of carbonyl (C=O) groups is 2. The maximum absolute atomic E-state index is 12.8. The molecule has 2 unspecified atom stereocenters. The number of allylic oxidation sites excluding steroid dienone is 6. The monoisotopic (exact) mass is 298 g/mol. The highest BCUT2D eigenvalue weighted by Crippen LogP contribution is 2.58. The second-order valence-electron chi connectivity index (χ2n) is 8.33. The fraction of sp³-hybridized carbons (Fsp3) is 0.600. The summed E-state index contributed by atoms with van der Waals surface area (Å²) < 4.78 is 0. The first-order valence-corrected chi connectivity index (χ1v) is 8.42. The molecule has 1 fully saturated rings. The summed E-state index contributed by atoms with van der Waals surface area (Å²) >= 11 is 0. The summed E-state index contributed by atoms with van der Waals surface area (Å²) in [6.45, 7) is 10.7. The van der Waals surface area contributed by atoms with Gasteiger partial charge in [0.05, 0.1) is 0 Å². The van der Waals surface area contributed by atoms with Crippen molar-refractivity contribution in [1.82, 2.24) is 0 Å². The number of Topliss-reactive ketones (excluding diaryl/α,β-unsaturated/α-hetero) is 1. The van der Waals surface area contributed by atoms with Crippen molar-refractivity contribution in [3.8, 4) is 0 Å². The molecule has 2 atom stereocenters. The lowest BCUT2D eigenvalue weighted by molar-refractivity contribution is -0.117. The molecule has 0 radical (unpaired) electrons. The third-order valence-corrected chi connectivity index (χ3v) is 6.00. The molecule has 3 aliphatic rings. The van der Waals surface area contributed by atoms with E-state index >= 15 is 0 Å². The summed E-state index contributed by atoms with van der Waals surface area (Å²) in [7, 11) is 0. The van der Waals surface area contributed by atoms with Crippen molar-refractivity contribution >= 4 is 11.6 Å². The smallest absolute Gasteiger partial charge is 0.189 e. The van der Waals surface area contributed by atoms with Crippen molar-refractivity contribution in [2.45, 2.75) is 53.9 Å². The molecule has 0 aromatic rings. The lowest BCUT2D eigenvalue weighted by atomic mass is 9.50. The van der Waals surface area contributed by atoms with Crippen LogP contribution in [0.1, 0.15) is 53.9 Å². The number of fused-ring (bicyclic) bond motifs is 2. The van der Waals surface area contributed by atoms with Crippen LogP contribution >= 0.6 is 0 Å². The third-order valence-electron chi connectivity index (χ3n) is 6.00. The van der Waals surface area contributed by atoms with Gasteiger partial charge in [0.2, 0.25) is 0 Å². The largest absolute Gasteiger partial charge is 0.290 e. The molecule has 0 aromatic carbocycles. The van der Waals surface area contributed by atoms with Gasteiger partial charge in [-0.05, 0) is 36.2 Å². The molecule has 118 valence electrons. The van der Waals surface area contributed by atoms with E-state index in [4.69, 9.17) is 0 Å². The molecule has 0 aromatic heterocycles. The molecule has 0 heterocycles. The molecule has 0 bridgehead atoms. The van der Waals surface area contributed by atoms with Gasteiger partial charge in [-0.3, -0.25) is 9.59 Å². The Balaban J connectivity index is 2.13. The molecule has 22 heavy (non-hydrogen) atoms. The predicted octanol–water partition coefficient (Wildman–Crippen LogP) is 4.42. The number of hydrogen-bond donors (Lipinski definition) is 0. The van der Waals surface area contributed by atoms with Crippen LogP contribution in [0.25, 0.3) is 0 Å². The Bertz CT molecular complexity index is 643. The van der Waals surface area contributed by atoms with Crippen LogP contribution in [0.5, 0.6) is 0 Å². The van der Waals surface area contributed by atoms with Gasteiger partial charge < -0.3 is 0 Å². The molecular weight excluding hydrogens is 272 g/mol. The molecule has 2 heteroatoms. The number of carbonyl (C=O) groups excluding carboxylic acids is 2. The minimum atomic E-state index is -0.197. The van der Waals surface area contributed by atoms with Gasteiger partial charge in [-0.1, -0.05) is 53.2 Å². The second kappa shape index (κ2) is 4.78. The standard InChI is InChI=1S/C20H26O2/c1-12(2)14-11-15(21)17-13(18(14)22)7-8-16-19(3,4)9-6-10-20(16,17)5/h7-8,11-12,16H,6,9-10H2,1-5H3. The minimum absolute atomic E-state index is 0.0592. The number of ketones is 2. The van der Waals surface area contributed by atoms with E-state index < -0.39 is 0 Å². The Labute approximate surface area is 133 Å². The van der Waals surface area contributed by atoms with Gasteiger partial charge in [0.1, 0.15) is 0 Å². The van der Waals surface area contributed by atoms with Crippen molar-refractivity contribution in [1.29, 1.82) is 0 Å². The van der Waals surface area contributed by atoms with E-state index in [2.05, 4.69) is 26.8 Å². The van der Waals surface area contributed by atoms with E-state index in [1.807, 2.05) is 19.9 Å². The Kier molecular flexibility index (Phi) is 3.36. The van der Waals surface area contributed by atoms with Gasteiger partial charge in [0.15, 0.2) is 11.6 Å². The zero-order valence-electron chi connectivity index (χ0n) is 14.3. The summed E-state index contributed by atoms with van der Waals surface area (Å²) in [5.41, 5.74) is 2.07. The van der Waals surface area contributed by atoms with Crippen LogP contribution < -0.4 is 0 Å². The summed E-state index contributed by atoms with van der Waals surface area (Å²) in [5, 5.41) is 0. The van der Waals surface area contributed by atoms with Gasteiger partial charge in [-0.25, -0.2) is 0 Å². The summed E-state index contributed by atoms with van der Waals surface area (Å²) in [6.07, 6.45) is 9.03. The van der Waals surface area contributed by atoms with Crippen LogP contribution in [-0.2, 0) is 9.59 Å². The minimum Gasteiger partial charge on any atom is -0.290 e. The lowest BCUT2D eigenvalue weighted by Crippen LogP contribution is -2.46. The molecule has 2 nitrogen and oxygen atoms in total. The van der Waals surface area contributed by atoms with Gasteiger partial charge >= 0.3 is 0 Å². The first-order valence-electron chi connectivity index (χ1n) is 8.42. The average molecular weight is 298 g/mol. The fourth-order valence-electron chi connectivity index (χ4n) is 4.89. The summed E-state index contributed by atoms with van der Waals surface area (Å²) in [5.74, 6) is 0.544. The van der Waals surface area contributed by atoms with E-state index in [9.17, 15) is 9.59 Å². The van der Waals surface area contributed by atoms with Gasteiger partial charge in [0.25, 0.3) is 0 Å². The molecule has 3 rings (SSSR count). The Hall–Kier alpha value is -1.44. The maximum Gasteiger partial charge on any atom is 0.189 e. The maximum atomic E-state index is 12.8. The molecule has 0 spiro atoms. The molecule has 0 aliphatic heterocycles. The molecule has 0 amide bonds. The third kappa shape index (κ3) is 2.00. The van der Waals surface area contributed by atoms with Gasteiger partial charge in [-0.15, -0.1) is 0 Å². The zero-order valence-corrected chi connectivity index (χ0v) is 14.3. The first-order chi connectivity index (χ1) is 10.2. The van der Waals surface area contributed by atoms with Crippen LogP contribution in [0, 0.1) is 22.7 Å². The lowest BCUT2D eigenvalue weighted by Gasteiger charge is -2.52. The molecular formula is C20H26O2. The van der Waals surface area contributed by atoms with E-state index in [1.54, 1.807) is 6.08 Å². The zero-order chi connectivity index (χ0) is 16.3. The predicted molar refractivity (Wildman–Crippen MR) is 88.3 cm³/mol. The SMILES string of the molecule is CC(C)C1=CC(=O)C2=C(C=CC3C(C)(C)CCCC23C)C1=O. The van der Waals surface area contributed by atoms with Crippen LogP contribution in [0.3, 0.4) is 0 Å². The Morgan fingerprint density at radius 1 is 1.14 bits per heavy atom. The van der Waals surface area contributed by atoms with Crippen LogP contribution in [0.2, 0.25) is 0 Å². The average Bonchev–Trinajstić information content (AvgIpc) is 2.40. The second-order valence-corrected chi connectivity index (χ2v) is 8.33. The number of hydrogen-bond acceptors (Lipinski definition) is 2. The van der Waals surface area contributed by atoms with Crippen molar-refractivity contribution in [2.75, 3.05) is 0 Å². The normalized spacial score (nSPS) is 33.7. The molecule has 3 aliphatic carbocycles. The molecule has 0 N–H and O–H groups in total. The van der Waals surface area contributed by atoms with Crippen LogP contribution in [0.15, 0.2) is 34.9 Å². The van der Waals surface area contributed by atoms with E-state index in [-0.39, 0.29) is 28.3 Å². The fourth-order valence-corrected chi connectivity index (χ4v) is 4.89. The van der Waals surface area contributed by atoms with Crippen molar-refractivity contribution in [3.63, 3.8) is 0 Å². The van der Waals surface area contributed by atoms with Crippen molar-refractivity contribution < 1.29 is 9.59 Å². The van der Waals surface area contributed by atoms with Gasteiger partial charge in [-0.2, -0.15) is 0 Å². The quantitative estimate of drug-likeness (QED) is 0.672. The summed E-state index contributed by atoms with van der Waals surface area (Å²) in [4.78, 5) is 25.6. The van der Waals surface area contributed by atoms with Crippen LogP contribution in [-0.4, -0.2) is 11.6 Å². The van der Waals surface area contributed by atoms with Crippen LogP contribution in [0.4, 0.5) is 0 Å². The van der Waals surface area contributed by atoms with Gasteiger partial charge in [0, 0.05) is 22.1 Å². The Morgan fingerprint density at radius 2 is 1.82 bits per heavy atom. The van der Waals surface area contributed by atoms with Crippen molar-refractivity contribution in [2.24, 2.45) is 22.7 Å². The van der Waals surface area contributed by atoms with E-state index in [0.29, 0.717) is 17.1 Å². The summed E-state index contributed by atoms with van der Waals surface area (Å²) in [6, 6.07) is 0. The first kappa shape index (κ1) is 15.5. The molecule has 1 saturated carbocycles. The molecule has 0 saturated heterocycles. The van der Waals surface area contributed by atoms with Crippen molar-refractivity contribution in [3.05, 3.63) is 34.9 Å². The highest BCUT2D eigenvalue weighted by atomic mass is 16.1. The highest BCUT2D eigenvalue weighted by molar-refractivity contribution is 6.24. The highest BCUT2D eigenvalue weighted by Gasteiger charge is 2.52. The Morgan fingerprint density at radius 3 is 2.45 bits per heavy atom. The van der Waals surface area contributed by atoms with E-state index in [1.165, 1.54) is 6.42 Å². The number of rotatable bonds is 1. The topological polar surface area (TPSA) is 34.1 Å².